The number of rotatable bonds is 10. The third kappa shape index (κ3) is 15.6. The maximum Gasteiger partial charge on any atom is 0.164 e. The van der Waals surface area contributed by atoms with E-state index in [1.807, 2.05) is 176 Å². The van der Waals surface area contributed by atoms with Crippen LogP contribution >= 0.6 is 15.9 Å². The molecular formula is C103H78BBrN8O2. The molecule has 0 fully saturated rings. The van der Waals surface area contributed by atoms with Gasteiger partial charge in [-0.15, -0.1) is 0 Å². The molecule has 12 heteroatoms. The first-order valence-electron chi connectivity index (χ1n) is 37.9. The second-order valence-corrected chi connectivity index (χ2v) is 30.1. The molecule has 4 heterocycles. The highest BCUT2D eigenvalue weighted by Crippen LogP contribution is 2.46. The Morgan fingerprint density at radius 1 is 0.243 bits per heavy atom. The molecule has 2 radical (unpaired) electrons. The highest BCUT2D eigenvalue weighted by molar-refractivity contribution is 9.10. The van der Waals surface area contributed by atoms with Crippen molar-refractivity contribution in [2.45, 2.75) is 46.3 Å². The Morgan fingerprint density at radius 3 is 0.861 bits per heavy atom. The number of nitrogens with zero attached hydrogens (tertiary/aromatic N) is 8. The fourth-order valence-electron chi connectivity index (χ4n) is 14.7. The summed E-state index contributed by atoms with van der Waals surface area (Å²) < 4.78 is 1.15. The normalized spacial score (nSPS) is 11.4. The fraction of sp³-hybridized carbons (Fsp3) is 0.0680. The van der Waals surface area contributed by atoms with Gasteiger partial charge in [-0.25, -0.2) is 29.9 Å². The number of benzene rings is 16. The number of hydrogen-bond acceptors (Lipinski definition) is 10. The highest BCUT2D eigenvalue weighted by atomic mass is 79.9. The number of aromatic nitrogens is 8. The van der Waals surface area contributed by atoms with E-state index in [1.54, 1.807) is 33.9 Å². The zero-order valence-electron chi connectivity index (χ0n) is 63.1. The van der Waals surface area contributed by atoms with E-state index in [9.17, 15) is 0 Å². The first-order chi connectivity index (χ1) is 55.6. The molecule has 4 aromatic heterocycles. The van der Waals surface area contributed by atoms with Crippen molar-refractivity contribution >= 4 is 115 Å². The monoisotopic (exact) mass is 1550 g/mol. The Bertz CT molecular complexity index is 6830. The Morgan fingerprint density at radius 2 is 0.496 bits per heavy atom. The van der Waals surface area contributed by atoms with Gasteiger partial charge in [0.25, 0.3) is 0 Å². The molecule has 0 aliphatic rings. The van der Waals surface area contributed by atoms with Crippen molar-refractivity contribution in [3.63, 3.8) is 0 Å². The van der Waals surface area contributed by atoms with E-state index >= 15 is 0 Å². The highest BCUT2D eigenvalue weighted by Gasteiger charge is 2.32. The van der Waals surface area contributed by atoms with Gasteiger partial charge in [-0.1, -0.05) is 320 Å². The second kappa shape index (κ2) is 32.6. The van der Waals surface area contributed by atoms with E-state index in [2.05, 4.69) is 208 Å². The molecule has 10 nitrogen and oxygen atoms in total. The predicted octanol–water partition coefficient (Wildman–Crippen LogP) is 25.2. The van der Waals surface area contributed by atoms with Crippen LogP contribution in [0.1, 0.15) is 35.1 Å². The van der Waals surface area contributed by atoms with Gasteiger partial charge in [0.1, 0.15) is 7.85 Å². The molecule has 2 N–H and O–H groups in total. The summed E-state index contributed by atoms with van der Waals surface area (Å²) in [4.78, 5) is 38.2. The number of fused-ring (bicyclic) bond motifs is 16. The quantitative estimate of drug-likeness (QED) is 0.100. The lowest BCUT2D eigenvalue weighted by Crippen LogP contribution is -2.44. The standard InChI is InChI=1S/C48H30N4.C26H17BN4.C22H13Br.C6H14O2.CH4/c1-3-14-31(15-4-1)46-50-47(32-16-5-2-6-17-32)52-48(51-46)36-27-34(33-18-13-25-49-30-33)26-35(28-36)43-29-44-39-21-8-7-19-37(39)38-20-9-11-23-41(38)45(44)42-24-12-10-22-40(42)43;27-23-15-21(20-12-7-13-28-17-20)14-22(16-23)26-30-24(18-8-3-1-4-9-18)29-25(31-26)19-10-5-2-6-11-19;23-21-13-20-16-9-2-1-7-14(16)15-8-3-5-11-18(15)22(20)19-12-6-4-10-17(19)21;1-5(2,7)6(3,4)8;/h1-30H;1-17H;1-13H;7-8H,1-4H3;1H4. The van der Waals surface area contributed by atoms with E-state index < -0.39 is 11.2 Å². The lowest BCUT2D eigenvalue weighted by atomic mass is 9.86. The number of aliphatic hydroxyl groups is 2. The van der Waals surface area contributed by atoms with E-state index in [0.29, 0.717) is 40.4 Å². The van der Waals surface area contributed by atoms with E-state index in [0.717, 1.165) is 71.2 Å². The smallest absolute Gasteiger partial charge is 0.164 e. The van der Waals surface area contributed by atoms with Crippen molar-refractivity contribution in [1.82, 2.24) is 39.9 Å². The molecule has 16 aromatic carbocycles. The van der Waals surface area contributed by atoms with Gasteiger partial charge in [-0.05, 0) is 190 Å². The van der Waals surface area contributed by atoms with Gasteiger partial charge in [0.15, 0.2) is 34.9 Å². The molecule has 20 rings (SSSR count). The fourth-order valence-corrected chi connectivity index (χ4v) is 15.3. The lowest BCUT2D eigenvalue weighted by Gasteiger charge is -2.31. The molecule has 0 saturated heterocycles. The molecule has 0 unspecified atom stereocenters. The largest absolute Gasteiger partial charge is 0.387 e. The van der Waals surface area contributed by atoms with Crippen molar-refractivity contribution in [3.8, 4) is 102 Å². The van der Waals surface area contributed by atoms with Gasteiger partial charge in [-0.2, -0.15) is 0 Å². The van der Waals surface area contributed by atoms with Crippen LogP contribution in [0.2, 0.25) is 0 Å². The van der Waals surface area contributed by atoms with Crippen LogP contribution in [0.4, 0.5) is 0 Å². The lowest BCUT2D eigenvalue weighted by molar-refractivity contribution is -0.107. The number of hydrogen-bond donors (Lipinski definition) is 2. The van der Waals surface area contributed by atoms with Crippen molar-refractivity contribution in [3.05, 3.63) is 369 Å². The molecule has 20 aromatic rings. The molecule has 0 spiro atoms. The Kier molecular flexibility index (Phi) is 21.4. The van der Waals surface area contributed by atoms with E-state index in [4.69, 9.17) is 48.0 Å². The van der Waals surface area contributed by atoms with Gasteiger partial charge in [0.2, 0.25) is 0 Å². The summed E-state index contributed by atoms with van der Waals surface area (Å²) in [7, 11) is 6.24. The Hall–Kier alpha value is -13.6. The van der Waals surface area contributed by atoms with Crippen molar-refractivity contribution in [1.29, 1.82) is 0 Å². The summed E-state index contributed by atoms with van der Waals surface area (Å²) in [5, 5.41) is 38.6. The molecule has 0 bridgehead atoms. The van der Waals surface area contributed by atoms with Gasteiger partial charge < -0.3 is 10.2 Å². The van der Waals surface area contributed by atoms with E-state index in [1.165, 1.54) is 86.2 Å². The average Bonchev–Trinajstić information content (AvgIpc) is 0.726. The molecule has 0 atom stereocenters. The van der Waals surface area contributed by atoms with Crippen LogP contribution in [-0.4, -0.2) is 69.1 Å². The Balaban J connectivity index is 0.000000133. The second-order valence-electron chi connectivity index (χ2n) is 29.2. The van der Waals surface area contributed by atoms with Crippen LogP contribution in [0.3, 0.4) is 0 Å². The van der Waals surface area contributed by atoms with Gasteiger partial charge in [0, 0.05) is 68.2 Å². The van der Waals surface area contributed by atoms with Gasteiger partial charge >= 0.3 is 0 Å². The maximum absolute atomic E-state index is 9.10. The van der Waals surface area contributed by atoms with Crippen molar-refractivity contribution < 1.29 is 10.2 Å². The number of halogens is 1. The number of pyridine rings is 2. The van der Waals surface area contributed by atoms with Crippen LogP contribution in [0, 0.1) is 0 Å². The SMILES string of the molecule is Brc1cc2c3ccccc3c3ccccc3c2c2ccccc12.C.CC(C)(O)C(C)(C)O.[B]c1cc(-c2cccnc2)cc(-c2nc(-c3ccccc3)nc(-c3ccccc3)n2)c1.c1ccc(-c2nc(-c3ccccc3)nc(-c3cc(-c4cccnc4)cc(-c4cc5c6ccccc6c6ccccc6c5c5ccccc45)c3)n2)cc1. The third-order valence-corrected chi connectivity index (χ3v) is 21.7. The minimum Gasteiger partial charge on any atom is -0.387 e. The van der Waals surface area contributed by atoms with Crippen molar-refractivity contribution in [2.24, 2.45) is 0 Å². The zero-order chi connectivity index (χ0) is 77.9. The van der Waals surface area contributed by atoms with Crippen LogP contribution in [0.25, 0.3) is 188 Å². The summed E-state index contributed by atoms with van der Waals surface area (Å²) in [5.41, 5.74) is 10.3. The topological polar surface area (TPSA) is 144 Å². The minimum atomic E-state index is -1.01. The molecular weight excluding hydrogens is 1470 g/mol. The summed E-state index contributed by atoms with van der Waals surface area (Å²) in [5.74, 6) is 3.69. The molecule has 0 aliphatic heterocycles. The third-order valence-electron chi connectivity index (χ3n) is 21.0. The van der Waals surface area contributed by atoms with E-state index in [-0.39, 0.29) is 7.43 Å². The summed E-state index contributed by atoms with van der Waals surface area (Å²) in [6.45, 7) is 6.31. The van der Waals surface area contributed by atoms with Crippen LogP contribution in [0.15, 0.2) is 369 Å². The average molecular weight is 1550 g/mol. The first-order valence-corrected chi connectivity index (χ1v) is 38.6. The Labute approximate surface area is 677 Å². The summed E-state index contributed by atoms with van der Waals surface area (Å²) >= 11 is 3.77. The van der Waals surface area contributed by atoms with Crippen molar-refractivity contribution in [2.75, 3.05) is 0 Å². The molecule has 552 valence electrons. The molecule has 0 saturated carbocycles. The van der Waals surface area contributed by atoms with Gasteiger partial charge in [0.05, 0.1) is 11.2 Å². The molecule has 0 aliphatic carbocycles. The summed E-state index contributed by atoms with van der Waals surface area (Å²) in [6, 6.07) is 118. The predicted molar refractivity (Wildman–Crippen MR) is 483 cm³/mol. The molecule has 0 amide bonds. The molecule has 115 heavy (non-hydrogen) atoms. The van der Waals surface area contributed by atoms with Crippen LogP contribution < -0.4 is 5.46 Å². The zero-order valence-corrected chi connectivity index (χ0v) is 64.7. The minimum absolute atomic E-state index is 0. The van der Waals surface area contributed by atoms with Crippen LogP contribution in [0.5, 0.6) is 0 Å². The van der Waals surface area contributed by atoms with Crippen LogP contribution in [-0.2, 0) is 0 Å². The first kappa shape index (κ1) is 75.4. The van der Waals surface area contributed by atoms with Gasteiger partial charge in [-0.3, -0.25) is 9.97 Å². The summed E-state index contributed by atoms with van der Waals surface area (Å²) in [6.07, 6.45) is 7.29. The maximum atomic E-state index is 9.10.